The molecular weight excluding hydrogens is 114 g/mol. The standard InChI is InChI=1S/C7H15NO/c1-4-7(3)6-9-8-5-2/h5,7H,4,6H2,1-3H3. The van der Waals surface area contributed by atoms with Gasteiger partial charge >= 0.3 is 0 Å². The smallest absolute Gasteiger partial charge is 0.119 e. The fourth-order valence-corrected chi connectivity index (χ4v) is 0.363. The quantitative estimate of drug-likeness (QED) is 0.420. The summed E-state index contributed by atoms with van der Waals surface area (Å²) in [6.45, 7) is 6.87. The first-order valence-corrected chi connectivity index (χ1v) is 3.41. The summed E-state index contributed by atoms with van der Waals surface area (Å²) >= 11 is 0. The highest BCUT2D eigenvalue weighted by Crippen LogP contribution is 1.99. The van der Waals surface area contributed by atoms with Gasteiger partial charge in [-0.2, -0.15) is 0 Å². The first kappa shape index (κ1) is 8.47. The largest absolute Gasteiger partial charge is 0.396 e. The van der Waals surface area contributed by atoms with Crippen molar-refractivity contribution in [3.05, 3.63) is 0 Å². The van der Waals surface area contributed by atoms with Gasteiger partial charge in [0.2, 0.25) is 0 Å². The fraction of sp³-hybridized carbons (Fsp3) is 0.857. The molecule has 2 heteroatoms. The van der Waals surface area contributed by atoms with Gasteiger partial charge in [-0.15, -0.1) is 0 Å². The Kier molecular flexibility index (Phi) is 5.27. The number of hydrogen-bond acceptors (Lipinski definition) is 2. The Bertz CT molecular complexity index is 81.0. The van der Waals surface area contributed by atoms with Crippen LogP contribution in [0.1, 0.15) is 27.2 Å². The van der Waals surface area contributed by atoms with E-state index < -0.39 is 0 Å². The fourth-order valence-electron chi connectivity index (χ4n) is 0.363. The summed E-state index contributed by atoms with van der Waals surface area (Å²) in [4.78, 5) is 4.90. The summed E-state index contributed by atoms with van der Waals surface area (Å²) in [5.74, 6) is 0.619. The lowest BCUT2D eigenvalue weighted by atomic mass is 10.1. The Morgan fingerprint density at radius 1 is 1.67 bits per heavy atom. The lowest BCUT2D eigenvalue weighted by Gasteiger charge is -2.04. The molecule has 9 heavy (non-hydrogen) atoms. The third-order valence-electron chi connectivity index (χ3n) is 1.24. The maximum Gasteiger partial charge on any atom is 0.119 e. The van der Waals surface area contributed by atoms with E-state index in [0.717, 1.165) is 13.0 Å². The van der Waals surface area contributed by atoms with E-state index >= 15 is 0 Å². The van der Waals surface area contributed by atoms with E-state index in [0.29, 0.717) is 5.92 Å². The maximum atomic E-state index is 4.90. The third kappa shape index (κ3) is 5.34. The van der Waals surface area contributed by atoms with Crippen LogP contribution in [0.15, 0.2) is 5.16 Å². The van der Waals surface area contributed by atoms with E-state index in [1.165, 1.54) is 0 Å². The predicted octanol–water partition coefficient (Wildman–Crippen LogP) is 2.05. The number of nitrogens with zero attached hydrogens (tertiary/aromatic N) is 1. The Balaban J connectivity index is 3.06. The molecule has 0 aliphatic carbocycles. The zero-order chi connectivity index (χ0) is 7.11. The van der Waals surface area contributed by atoms with Crippen molar-refractivity contribution in [2.24, 2.45) is 11.1 Å². The molecule has 1 unspecified atom stereocenters. The molecule has 2 nitrogen and oxygen atoms in total. The van der Waals surface area contributed by atoms with Gasteiger partial charge in [-0.25, -0.2) is 0 Å². The van der Waals surface area contributed by atoms with Gasteiger partial charge < -0.3 is 4.84 Å². The molecule has 0 fully saturated rings. The second kappa shape index (κ2) is 5.60. The Labute approximate surface area is 56.9 Å². The van der Waals surface area contributed by atoms with Crippen molar-refractivity contribution in [1.29, 1.82) is 0 Å². The molecule has 0 rings (SSSR count). The van der Waals surface area contributed by atoms with Crippen molar-refractivity contribution in [2.45, 2.75) is 27.2 Å². The number of oxime groups is 1. The molecule has 0 aromatic rings. The monoisotopic (exact) mass is 129 g/mol. The molecule has 0 spiro atoms. The van der Waals surface area contributed by atoms with E-state index in [9.17, 15) is 0 Å². The number of hydrogen-bond donors (Lipinski definition) is 0. The summed E-state index contributed by atoms with van der Waals surface area (Å²) in [7, 11) is 0. The molecule has 0 saturated heterocycles. The van der Waals surface area contributed by atoms with Gasteiger partial charge in [0.05, 0.1) is 0 Å². The van der Waals surface area contributed by atoms with Gasteiger partial charge in [-0.1, -0.05) is 25.4 Å². The van der Waals surface area contributed by atoms with Gasteiger partial charge in [0.1, 0.15) is 6.61 Å². The van der Waals surface area contributed by atoms with Crippen LogP contribution in [0.25, 0.3) is 0 Å². The van der Waals surface area contributed by atoms with Gasteiger partial charge in [0.15, 0.2) is 0 Å². The van der Waals surface area contributed by atoms with Crippen molar-refractivity contribution < 1.29 is 4.84 Å². The summed E-state index contributed by atoms with van der Waals surface area (Å²) in [6, 6.07) is 0. The summed E-state index contributed by atoms with van der Waals surface area (Å²) < 4.78 is 0. The molecular formula is C7H15NO. The minimum Gasteiger partial charge on any atom is -0.396 e. The van der Waals surface area contributed by atoms with E-state index in [2.05, 4.69) is 19.0 Å². The van der Waals surface area contributed by atoms with Crippen molar-refractivity contribution in [3.63, 3.8) is 0 Å². The highest BCUT2D eigenvalue weighted by molar-refractivity contribution is 5.52. The predicted molar refractivity (Wildman–Crippen MR) is 39.6 cm³/mol. The van der Waals surface area contributed by atoms with Crippen LogP contribution in [0, 0.1) is 5.92 Å². The third-order valence-corrected chi connectivity index (χ3v) is 1.24. The average Bonchev–Trinajstić information content (AvgIpc) is 1.89. The summed E-state index contributed by atoms with van der Waals surface area (Å²) in [6.07, 6.45) is 2.81. The molecule has 1 atom stereocenters. The molecule has 54 valence electrons. The molecule has 0 aliphatic rings. The molecule has 0 bridgehead atoms. The van der Waals surface area contributed by atoms with E-state index in [1.54, 1.807) is 6.21 Å². The molecule has 0 aromatic carbocycles. The Morgan fingerprint density at radius 3 is 2.78 bits per heavy atom. The highest BCUT2D eigenvalue weighted by Gasteiger charge is 1.95. The normalized spacial score (nSPS) is 14.1. The Hall–Kier alpha value is -0.530. The van der Waals surface area contributed by atoms with Gasteiger partial charge in [-0.05, 0) is 12.8 Å². The van der Waals surface area contributed by atoms with Crippen LogP contribution in [0.3, 0.4) is 0 Å². The first-order valence-electron chi connectivity index (χ1n) is 3.41. The molecule has 0 aliphatic heterocycles. The van der Waals surface area contributed by atoms with Crippen LogP contribution in [0.4, 0.5) is 0 Å². The topological polar surface area (TPSA) is 21.6 Å². The molecule has 0 N–H and O–H groups in total. The molecule has 0 amide bonds. The second-order valence-electron chi connectivity index (χ2n) is 2.17. The van der Waals surface area contributed by atoms with E-state index in [1.807, 2.05) is 6.92 Å². The second-order valence-corrected chi connectivity index (χ2v) is 2.17. The molecule has 0 aromatic heterocycles. The zero-order valence-electron chi connectivity index (χ0n) is 6.42. The lowest BCUT2D eigenvalue weighted by Crippen LogP contribution is -2.00. The molecule has 0 heterocycles. The van der Waals surface area contributed by atoms with Gasteiger partial charge in [0.25, 0.3) is 0 Å². The van der Waals surface area contributed by atoms with Crippen molar-refractivity contribution in [1.82, 2.24) is 0 Å². The first-order chi connectivity index (χ1) is 4.31. The average molecular weight is 129 g/mol. The van der Waals surface area contributed by atoms with Gasteiger partial charge in [0, 0.05) is 6.21 Å². The van der Waals surface area contributed by atoms with Gasteiger partial charge in [-0.3, -0.25) is 0 Å². The number of rotatable bonds is 4. The van der Waals surface area contributed by atoms with Crippen molar-refractivity contribution in [3.8, 4) is 0 Å². The van der Waals surface area contributed by atoms with Crippen LogP contribution < -0.4 is 0 Å². The van der Waals surface area contributed by atoms with Crippen molar-refractivity contribution >= 4 is 6.21 Å². The summed E-state index contributed by atoms with van der Waals surface area (Å²) in [5.41, 5.74) is 0. The SMILES string of the molecule is CC=NOCC(C)CC. The molecule has 0 radical (unpaired) electrons. The van der Waals surface area contributed by atoms with Crippen LogP contribution in [-0.2, 0) is 4.84 Å². The lowest BCUT2D eigenvalue weighted by molar-refractivity contribution is 0.112. The molecule has 0 saturated carbocycles. The van der Waals surface area contributed by atoms with Crippen LogP contribution in [0.5, 0.6) is 0 Å². The van der Waals surface area contributed by atoms with Crippen molar-refractivity contribution in [2.75, 3.05) is 6.61 Å². The Morgan fingerprint density at radius 2 is 2.33 bits per heavy atom. The van der Waals surface area contributed by atoms with Crippen LogP contribution in [-0.4, -0.2) is 12.8 Å². The van der Waals surface area contributed by atoms with E-state index in [-0.39, 0.29) is 0 Å². The highest BCUT2D eigenvalue weighted by atomic mass is 16.6. The summed E-state index contributed by atoms with van der Waals surface area (Å²) in [5, 5.41) is 3.63. The minimum absolute atomic E-state index is 0.619. The van der Waals surface area contributed by atoms with Crippen LogP contribution >= 0.6 is 0 Å². The minimum atomic E-state index is 0.619. The van der Waals surface area contributed by atoms with E-state index in [4.69, 9.17) is 4.84 Å². The van der Waals surface area contributed by atoms with Crippen LogP contribution in [0.2, 0.25) is 0 Å². The zero-order valence-corrected chi connectivity index (χ0v) is 6.42. The maximum absolute atomic E-state index is 4.90.